The van der Waals surface area contributed by atoms with Gasteiger partial charge in [0.15, 0.2) is 6.29 Å². The maximum Gasteiger partial charge on any atom is 0.196 e. The lowest BCUT2D eigenvalue weighted by molar-refractivity contribution is -0.0711. The molecule has 0 heterocycles. The second-order valence-corrected chi connectivity index (χ2v) is 14.1. The van der Waals surface area contributed by atoms with Crippen molar-refractivity contribution < 1.29 is 19.7 Å². The third-order valence-corrected chi connectivity index (χ3v) is 9.84. The maximum atomic E-state index is 9.78. The molecule has 1 saturated carbocycles. The van der Waals surface area contributed by atoms with E-state index in [1.165, 1.54) is 61.6 Å². The van der Waals surface area contributed by atoms with Crippen LogP contribution in [0.1, 0.15) is 160 Å². The highest BCUT2D eigenvalue weighted by Gasteiger charge is 2.16. The van der Waals surface area contributed by atoms with E-state index in [4.69, 9.17) is 14.6 Å². The van der Waals surface area contributed by atoms with Crippen LogP contribution in [-0.2, 0) is 10.3 Å². The van der Waals surface area contributed by atoms with Crippen molar-refractivity contribution in [3.63, 3.8) is 0 Å². The minimum atomic E-state index is -0.728. The topological polar surface area (TPSA) is 58.9 Å². The molecule has 1 aliphatic rings. The fraction of sp³-hybridized carbons (Fsp3) is 0.581. The molecule has 0 amide bonds. The van der Waals surface area contributed by atoms with E-state index >= 15 is 0 Å². The second kappa shape index (κ2) is 21.2. The molecule has 4 nitrogen and oxygen atoms in total. The van der Waals surface area contributed by atoms with E-state index < -0.39 is 5.60 Å². The lowest BCUT2D eigenvalue weighted by Crippen LogP contribution is -2.19. The van der Waals surface area contributed by atoms with Gasteiger partial charge < -0.3 is 19.7 Å². The Labute approximate surface area is 287 Å². The number of aliphatic hydroxyl groups is 1. The molecule has 2 N–H and O–H groups in total. The van der Waals surface area contributed by atoms with Crippen LogP contribution in [0.4, 0.5) is 0 Å². The highest BCUT2D eigenvalue weighted by molar-refractivity contribution is 5.30. The van der Waals surface area contributed by atoms with Gasteiger partial charge in [-0.1, -0.05) is 122 Å². The predicted molar refractivity (Wildman–Crippen MR) is 200 cm³/mol. The molecule has 3 aromatic carbocycles. The molecule has 1 fully saturated rings. The normalized spacial score (nSPS) is 16.0. The van der Waals surface area contributed by atoms with Gasteiger partial charge in [0.05, 0.1) is 12.2 Å². The molecular weight excluding hydrogens is 580 g/mol. The first kappa shape index (κ1) is 40.4. The van der Waals surface area contributed by atoms with Crippen LogP contribution in [0.25, 0.3) is 0 Å². The number of hydrogen-bond acceptors (Lipinski definition) is 4. The molecule has 47 heavy (non-hydrogen) atoms. The first-order valence-electron chi connectivity index (χ1n) is 18.4. The van der Waals surface area contributed by atoms with Crippen molar-refractivity contribution in [2.75, 3.05) is 6.61 Å². The van der Waals surface area contributed by atoms with E-state index in [1.807, 2.05) is 45.0 Å². The van der Waals surface area contributed by atoms with Crippen molar-refractivity contribution in [2.24, 2.45) is 5.92 Å². The van der Waals surface area contributed by atoms with E-state index in [0.717, 1.165) is 36.7 Å². The van der Waals surface area contributed by atoms with Crippen molar-refractivity contribution in [3.8, 4) is 11.5 Å². The SMILES string of the molecule is CCC(C)c1ccc(C(C)(C)O)cc1.CCC(C)c1ccc(O)cc1.CCC(C)c1ccc(OC(C)OCCC2CCCCC2)cc1. The summed E-state index contributed by atoms with van der Waals surface area (Å²) in [7, 11) is 0. The fourth-order valence-electron chi connectivity index (χ4n) is 5.71. The third-order valence-electron chi connectivity index (χ3n) is 9.84. The molecule has 4 rings (SSSR count). The Morgan fingerprint density at radius 2 is 1.09 bits per heavy atom. The van der Waals surface area contributed by atoms with E-state index in [2.05, 4.69) is 77.9 Å². The van der Waals surface area contributed by atoms with E-state index in [9.17, 15) is 5.11 Å². The van der Waals surface area contributed by atoms with Crippen LogP contribution in [0.15, 0.2) is 72.8 Å². The number of rotatable bonds is 13. The Hall–Kier alpha value is -2.82. The predicted octanol–water partition coefficient (Wildman–Crippen LogP) is 12.2. The Morgan fingerprint density at radius 1 is 0.660 bits per heavy atom. The summed E-state index contributed by atoms with van der Waals surface area (Å²) in [5.74, 6) is 3.92. The molecule has 4 unspecified atom stereocenters. The second-order valence-electron chi connectivity index (χ2n) is 14.1. The van der Waals surface area contributed by atoms with Crippen LogP contribution in [0.2, 0.25) is 0 Å². The summed E-state index contributed by atoms with van der Waals surface area (Å²) in [5.41, 5.74) is 4.27. The molecular formula is C43H66O4. The number of benzene rings is 3. The zero-order valence-electron chi connectivity index (χ0n) is 31.1. The largest absolute Gasteiger partial charge is 0.508 e. The molecule has 0 spiro atoms. The molecule has 4 heteroatoms. The number of aromatic hydroxyl groups is 1. The van der Waals surface area contributed by atoms with Gasteiger partial charge in [0.1, 0.15) is 11.5 Å². The Kier molecular flexibility index (Phi) is 18.2. The molecule has 0 radical (unpaired) electrons. The highest BCUT2D eigenvalue weighted by Crippen LogP contribution is 2.27. The van der Waals surface area contributed by atoms with Crippen molar-refractivity contribution in [2.45, 2.75) is 150 Å². The van der Waals surface area contributed by atoms with Crippen molar-refractivity contribution in [1.29, 1.82) is 0 Å². The van der Waals surface area contributed by atoms with Gasteiger partial charge in [-0.15, -0.1) is 0 Å². The van der Waals surface area contributed by atoms with Crippen LogP contribution >= 0.6 is 0 Å². The van der Waals surface area contributed by atoms with Gasteiger partial charge in [-0.3, -0.25) is 0 Å². The molecule has 0 bridgehead atoms. The molecule has 0 saturated heterocycles. The first-order valence-corrected chi connectivity index (χ1v) is 18.4. The fourth-order valence-corrected chi connectivity index (χ4v) is 5.71. The lowest BCUT2D eigenvalue weighted by Gasteiger charge is -2.22. The average molecular weight is 647 g/mol. The molecule has 3 aromatic rings. The summed E-state index contributed by atoms with van der Waals surface area (Å²) >= 11 is 0. The maximum absolute atomic E-state index is 9.78. The Morgan fingerprint density at radius 3 is 1.51 bits per heavy atom. The number of phenols is 1. The zero-order valence-corrected chi connectivity index (χ0v) is 31.1. The number of ether oxygens (including phenoxy) is 2. The van der Waals surface area contributed by atoms with Gasteiger partial charge in [-0.25, -0.2) is 0 Å². The molecule has 4 atom stereocenters. The van der Waals surface area contributed by atoms with Gasteiger partial charge in [-0.2, -0.15) is 0 Å². The van der Waals surface area contributed by atoms with Gasteiger partial charge in [0.2, 0.25) is 0 Å². The van der Waals surface area contributed by atoms with Crippen LogP contribution < -0.4 is 4.74 Å². The van der Waals surface area contributed by atoms with Gasteiger partial charge >= 0.3 is 0 Å². The van der Waals surface area contributed by atoms with Gasteiger partial charge in [-0.05, 0) is 117 Å². The van der Waals surface area contributed by atoms with Crippen LogP contribution in [0.3, 0.4) is 0 Å². The van der Waals surface area contributed by atoms with Gasteiger partial charge in [0.25, 0.3) is 0 Å². The minimum absolute atomic E-state index is 0.168. The molecule has 262 valence electrons. The smallest absolute Gasteiger partial charge is 0.196 e. The highest BCUT2D eigenvalue weighted by atomic mass is 16.7. The van der Waals surface area contributed by atoms with Gasteiger partial charge in [0, 0.05) is 0 Å². The number of hydrogen-bond donors (Lipinski definition) is 2. The standard InChI is InChI=1S/C20H32O2.C13H20O.C10H14O/c1-4-16(2)19-10-12-20(13-11-19)22-17(3)21-15-14-18-8-6-5-7-9-18;1-5-10(2)11-6-8-12(9-7-11)13(3,4)14;1-3-8(2)9-4-6-10(11)7-5-9/h10-13,16-18H,4-9,14-15H2,1-3H3;6-10,14H,5H2,1-4H3;4-8,11H,3H2,1-2H3. The molecule has 1 aliphatic carbocycles. The van der Waals surface area contributed by atoms with Crippen molar-refractivity contribution in [1.82, 2.24) is 0 Å². The van der Waals surface area contributed by atoms with Crippen LogP contribution in [0.5, 0.6) is 11.5 Å². The van der Waals surface area contributed by atoms with E-state index in [-0.39, 0.29) is 6.29 Å². The summed E-state index contributed by atoms with van der Waals surface area (Å²) in [6.45, 7) is 19.7. The van der Waals surface area contributed by atoms with Crippen molar-refractivity contribution >= 4 is 0 Å². The summed E-state index contributed by atoms with van der Waals surface area (Å²) in [4.78, 5) is 0. The minimum Gasteiger partial charge on any atom is -0.508 e. The molecule has 0 aromatic heterocycles. The summed E-state index contributed by atoms with van der Waals surface area (Å²) in [6.07, 6.45) is 11.5. The quantitative estimate of drug-likeness (QED) is 0.181. The monoisotopic (exact) mass is 646 g/mol. The first-order chi connectivity index (χ1) is 22.4. The van der Waals surface area contributed by atoms with Crippen LogP contribution in [0, 0.1) is 5.92 Å². The average Bonchev–Trinajstić information content (AvgIpc) is 3.08. The number of phenolic OH excluding ortho intramolecular Hbond substituents is 1. The summed E-state index contributed by atoms with van der Waals surface area (Å²) < 4.78 is 11.7. The lowest BCUT2D eigenvalue weighted by atomic mass is 9.87. The Balaban J connectivity index is 0.000000264. The zero-order chi connectivity index (χ0) is 34.8. The van der Waals surface area contributed by atoms with Crippen molar-refractivity contribution in [3.05, 3.63) is 95.1 Å². The Bertz CT molecular complexity index is 1200. The van der Waals surface area contributed by atoms with E-state index in [1.54, 1.807) is 12.1 Å². The van der Waals surface area contributed by atoms with Crippen LogP contribution in [-0.4, -0.2) is 23.1 Å². The summed E-state index contributed by atoms with van der Waals surface area (Å²) in [6, 6.07) is 24.1. The summed E-state index contributed by atoms with van der Waals surface area (Å²) in [5, 5.41) is 18.8. The van der Waals surface area contributed by atoms with E-state index in [0.29, 0.717) is 23.5 Å². The molecule has 0 aliphatic heterocycles. The third kappa shape index (κ3) is 15.3.